The number of nitrogens with zero attached hydrogens (tertiary/aromatic N) is 3. The zero-order chi connectivity index (χ0) is 25.0. The number of thiocarbonyl (C=S) groups is 1. The zero-order valence-electron chi connectivity index (χ0n) is 20.6. The molecule has 2 aromatic carbocycles. The Morgan fingerprint density at radius 2 is 1.81 bits per heavy atom. The van der Waals surface area contributed by atoms with Crippen molar-refractivity contribution >= 4 is 29.1 Å². The predicted molar refractivity (Wildman–Crippen MR) is 145 cm³/mol. The lowest BCUT2D eigenvalue weighted by Crippen LogP contribution is -2.43. The van der Waals surface area contributed by atoms with E-state index in [0.717, 1.165) is 56.6 Å². The summed E-state index contributed by atoms with van der Waals surface area (Å²) in [6.45, 7) is 2.34. The average Bonchev–Trinajstić information content (AvgIpc) is 2.92. The molecule has 5 rings (SSSR count). The molecule has 0 atom stereocenters. The minimum atomic E-state index is -0.210. The molecule has 36 heavy (non-hydrogen) atoms. The number of fused-ring (bicyclic) bond motifs is 1. The molecule has 0 saturated heterocycles. The Balaban J connectivity index is 1.29. The third-order valence-electron chi connectivity index (χ3n) is 7.43. The summed E-state index contributed by atoms with van der Waals surface area (Å²) in [7, 11) is 1.60. The first-order chi connectivity index (χ1) is 17.5. The van der Waals surface area contributed by atoms with Gasteiger partial charge in [0.2, 0.25) is 11.8 Å². The molecule has 1 aliphatic carbocycles. The van der Waals surface area contributed by atoms with Crippen LogP contribution in [0.3, 0.4) is 0 Å². The molecule has 8 heteroatoms. The van der Waals surface area contributed by atoms with E-state index in [1.54, 1.807) is 19.2 Å². The van der Waals surface area contributed by atoms with E-state index < -0.39 is 0 Å². The van der Waals surface area contributed by atoms with Gasteiger partial charge in [0.15, 0.2) is 5.11 Å². The molecule has 6 nitrogen and oxygen atoms in total. The van der Waals surface area contributed by atoms with Crippen LogP contribution in [0.4, 0.5) is 16.2 Å². The first-order valence-electron chi connectivity index (χ1n) is 12.6. The van der Waals surface area contributed by atoms with E-state index in [1.165, 1.54) is 17.5 Å². The minimum absolute atomic E-state index is 0.0702. The standard InChI is InChI=1S/C28H32FN5OS/c1-35-25-17-24(34-16-13-20-7-3-4-8-21(20)18-34)31-26(32-25)33-27(36)30-19-28(14-5-2-6-15-28)22-9-11-23(29)12-10-22/h3-4,7-12,17H,2,5-6,13-16,18-19H2,1H3,(H2,30,31,32,33,36). The van der Waals surface area contributed by atoms with E-state index in [2.05, 4.69) is 44.8 Å². The first kappa shape index (κ1) is 24.4. The fourth-order valence-corrected chi connectivity index (χ4v) is 5.58. The van der Waals surface area contributed by atoms with Crippen molar-refractivity contribution in [2.75, 3.05) is 30.4 Å². The lowest BCUT2D eigenvalue weighted by atomic mass is 9.69. The average molecular weight is 506 g/mol. The second-order valence-corrected chi connectivity index (χ2v) is 10.1. The summed E-state index contributed by atoms with van der Waals surface area (Å²) in [6.07, 6.45) is 6.60. The summed E-state index contributed by atoms with van der Waals surface area (Å²) in [6, 6.07) is 17.3. The molecule has 3 aromatic rings. The van der Waals surface area contributed by atoms with Gasteiger partial charge < -0.3 is 20.3 Å². The normalized spacial score (nSPS) is 16.7. The molecule has 1 aromatic heterocycles. The number of anilines is 2. The lowest BCUT2D eigenvalue weighted by molar-refractivity contribution is 0.292. The molecule has 1 saturated carbocycles. The highest BCUT2D eigenvalue weighted by molar-refractivity contribution is 7.80. The predicted octanol–water partition coefficient (Wildman–Crippen LogP) is 5.38. The highest BCUT2D eigenvalue weighted by atomic mass is 32.1. The number of aromatic nitrogens is 2. The van der Waals surface area contributed by atoms with Gasteiger partial charge in [-0.2, -0.15) is 9.97 Å². The van der Waals surface area contributed by atoms with Gasteiger partial charge in [0.1, 0.15) is 11.6 Å². The molecule has 0 unspecified atom stereocenters. The number of rotatable bonds is 6. The van der Waals surface area contributed by atoms with Crippen molar-refractivity contribution in [1.82, 2.24) is 15.3 Å². The van der Waals surface area contributed by atoms with Crippen LogP contribution in [0.1, 0.15) is 48.8 Å². The maximum atomic E-state index is 13.6. The van der Waals surface area contributed by atoms with Gasteiger partial charge >= 0.3 is 0 Å². The van der Waals surface area contributed by atoms with Crippen LogP contribution in [-0.2, 0) is 18.4 Å². The molecule has 0 amide bonds. The Kier molecular flexibility index (Phi) is 7.32. The highest BCUT2D eigenvalue weighted by Gasteiger charge is 2.34. The summed E-state index contributed by atoms with van der Waals surface area (Å²) in [4.78, 5) is 11.5. The number of ether oxygens (including phenoxy) is 1. The van der Waals surface area contributed by atoms with Gasteiger partial charge in [0, 0.05) is 31.1 Å². The van der Waals surface area contributed by atoms with Crippen molar-refractivity contribution in [1.29, 1.82) is 0 Å². The molecule has 1 aliphatic heterocycles. The smallest absolute Gasteiger partial charge is 0.234 e. The van der Waals surface area contributed by atoms with Crippen LogP contribution in [0.5, 0.6) is 5.88 Å². The van der Waals surface area contributed by atoms with Gasteiger partial charge in [-0.25, -0.2) is 4.39 Å². The highest BCUT2D eigenvalue weighted by Crippen LogP contribution is 2.39. The number of nitrogens with one attached hydrogen (secondary N) is 2. The van der Waals surface area contributed by atoms with E-state index in [4.69, 9.17) is 21.9 Å². The van der Waals surface area contributed by atoms with Crippen molar-refractivity contribution in [2.45, 2.75) is 50.5 Å². The Morgan fingerprint density at radius 1 is 1.06 bits per heavy atom. The quantitative estimate of drug-likeness (QED) is 0.437. The fourth-order valence-electron chi connectivity index (χ4n) is 5.42. The Hall–Kier alpha value is -3.26. The largest absolute Gasteiger partial charge is 0.481 e. The number of hydrogen-bond acceptors (Lipinski definition) is 5. The third kappa shape index (κ3) is 5.43. The second kappa shape index (κ2) is 10.8. The van der Waals surface area contributed by atoms with Gasteiger partial charge in [-0.1, -0.05) is 55.7 Å². The second-order valence-electron chi connectivity index (χ2n) is 9.69. The SMILES string of the molecule is COc1cc(N2CCc3ccccc3C2)nc(NC(=S)NCC2(c3ccc(F)cc3)CCCCC2)n1. The summed E-state index contributed by atoms with van der Waals surface area (Å²) in [5.41, 5.74) is 3.78. The van der Waals surface area contributed by atoms with Crippen LogP contribution < -0.4 is 20.3 Å². The van der Waals surface area contributed by atoms with Crippen LogP contribution in [-0.4, -0.2) is 35.3 Å². The molecule has 0 radical (unpaired) electrons. The van der Waals surface area contributed by atoms with E-state index in [-0.39, 0.29) is 11.2 Å². The molecule has 1 fully saturated rings. The van der Waals surface area contributed by atoms with Crippen LogP contribution in [0.15, 0.2) is 54.6 Å². The van der Waals surface area contributed by atoms with E-state index in [1.807, 2.05) is 18.2 Å². The zero-order valence-corrected chi connectivity index (χ0v) is 21.4. The van der Waals surface area contributed by atoms with Crippen molar-refractivity contribution in [3.05, 3.63) is 77.1 Å². The summed E-state index contributed by atoms with van der Waals surface area (Å²) in [5, 5.41) is 7.02. The summed E-state index contributed by atoms with van der Waals surface area (Å²) >= 11 is 5.64. The third-order valence-corrected chi connectivity index (χ3v) is 7.68. The van der Waals surface area contributed by atoms with E-state index >= 15 is 0 Å². The topological polar surface area (TPSA) is 62.3 Å². The van der Waals surface area contributed by atoms with Gasteiger partial charge in [0.05, 0.1) is 7.11 Å². The van der Waals surface area contributed by atoms with Gasteiger partial charge in [-0.15, -0.1) is 0 Å². The van der Waals surface area contributed by atoms with Crippen molar-refractivity contribution in [3.63, 3.8) is 0 Å². The van der Waals surface area contributed by atoms with Crippen LogP contribution >= 0.6 is 12.2 Å². The van der Waals surface area contributed by atoms with Crippen LogP contribution in [0, 0.1) is 5.82 Å². The maximum Gasteiger partial charge on any atom is 0.234 e. The molecule has 188 valence electrons. The van der Waals surface area contributed by atoms with Crippen molar-refractivity contribution < 1.29 is 9.13 Å². The molecular weight excluding hydrogens is 473 g/mol. The molecule has 0 bridgehead atoms. The lowest BCUT2D eigenvalue weighted by Gasteiger charge is -2.38. The van der Waals surface area contributed by atoms with Gasteiger partial charge in [-0.3, -0.25) is 0 Å². The van der Waals surface area contributed by atoms with Gasteiger partial charge in [0.25, 0.3) is 0 Å². The number of benzene rings is 2. The summed E-state index contributed by atoms with van der Waals surface area (Å²) < 4.78 is 19.0. The summed E-state index contributed by atoms with van der Waals surface area (Å²) in [5.74, 6) is 1.48. The maximum absolute atomic E-state index is 13.6. The number of halogens is 1. The first-order valence-corrected chi connectivity index (χ1v) is 13.0. The Bertz CT molecular complexity index is 1210. The molecular formula is C28H32FN5OS. The Labute approximate surface area is 217 Å². The van der Waals surface area contributed by atoms with Gasteiger partial charge in [-0.05, 0) is 60.3 Å². The van der Waals surface area contributed by atoms with Crippen LogP contribution in [0.25, 0.3) is 0 Å². The molecule has 2 aliphatic rings. The molecule has 0 spiro atoms. The monoisotopic (exact) mass is 505 g/mol. The number of hydrogen-bond donors (Lipinski definition) is 2. The minimum Gasteiger partial charge on any atom is -0.481 e. The molecule has 2 heterocycles. The molecule has 2 N–H and O–H groups in total. The fraction of sp³-hybridized carbons (Fsp3) is 0.393. The number of methoxy groups -OCH3 is 1. The van der Waals surface area contributed by atoms with E-state index in [9.17, 15) is 4.39 Å². The van der Waals surface area contributed by atoms with Crippen molar-refractivity contribution in [3.8, 4) is 5.88 Å². The van der Waals surface area contributed by atoms with Crippen LogP contribution in [0.2, 0.25) is 0 Å². The van der Waals surface area contributed by atoms with E-state index in [0.29, 0.717) is 23.5 Å². The Morgan fingerprint density at radius 3 is 2.56 bits per heavy atom. The van der Waals surface area contributed by atoms with Crippen molar-refractivity contribution in [2.24, 2.45) is 0 Å².